The average Bonchev–Trinajstić information content (AvgIpc) is 2.24. The summed E-state index contributed by atoms with van der Waals surface area (Å²) >= 11 is 0. The molecule has 2 heteroatoms. The molecule has 0 aromatic carbocycles. The second-order valence-electron chi connectivity index (χ2n) is 4.07. The number of hydrogen-bond acceptors (Lipinski definition) is 2. The number of hydrogen-bond donors (Lipinski definition) is 0. The zero-order chi connectivity index (χ0) is 8.82. The maximum atomic E-state index is 5.89. The van der Waals surface area contributed by atoms with E-state index in [1.165, 1.54) is 5.57 Å². The Hall–Kier alpha value is -0.340. The highest BCUT2D eigenvalue weighted by Gasteiger charge is 2.50. The lowest BCUT2D eigenvalue weighted by molar-refractivity contribution is -0.181. The van der Waals surface area contributed by atoms with Crippen LogP contribution >= 0.6 is 0 Å². The van der Waals surface area contributed by atoms with E-state index in [-0.39, 0.29) is 11.4 Å². The molecule has 0 spiro atoms. The summed E-state index contributed by atoms with van der Waals surface area (Å²) < 4.78 is 11.5. The number of ether oxygens (including phenoxy) is 2. The van der Waals surface area contributed by atoms with Crippen molar-refractivity contribution in [2.24, 2.45) is 0 Å². The molecule has 68 valence electrons. The third-order valence-corrected chi connectivity index (χ3v) is 2.97. The Morgan fingerprint density at radius 2 is 2.17 bits per heavy atom. The van der Waals surface area contributed by atoms with Crippen LogP contribution in [0.3, 0.4) is 0 Å². The fourth-order valence-corrected chi connectivity index (χ4v) is 2.18. The molecule has 2 fully saturated rings. The van der Waals surface area contributed by atoms with Crippen molar-refractivity contribution < 1.29 is 9.47 Å². The molecule has 2 heterocycles. The molecule has 2 rings (SSSR count). The van der Waals surface area contributed by atoms with Crippen molar-refractivity contribution in [1.82, 2.24) is 0 Å². The zero-order valence-corrected chi connectivity index (χ0v) is 8.02. The van der Waals surface area contributed by atoms with Crippen LogP contribution < -0.4 is 0 Å². The fourth-order valence-electron chi connectivity index (χ4n) is 2.18. The Balaban J connectivity index is 2.30. The van der Waals surface area contributed by atoms with Gasteiger partial charge >= 0.3 is 0 Å². The molecule has 2 aliphatic heterocycles. The van der Waals surface area contributed by atoms with Gasteiger partial charge in [0.25, 0.3) is 0 Å². The summed E-state index contributed by atoms with van der Waals surface area (Å²) in [6.45, 7) is 6.94. The highest BCUT2D eigenvalue weighted by molar-refractivity contribution is 5.20. The maximum absolute atomic E-state index is 5.89. The lowest BCUT2D eigenvalue weighted by atomic mass is 9.89. The van der Waals surface area contributed by atoms with E-state index < -0.39 is 0 Å². The van der Waals surface area contributed by atoms with E-state index in [0.29, 0.717) is 6.61 Å². The number of allylic oxidation sites excluding steroid dienone is 1. The lowest BCUT2D eigenvalue weighted by Gasteiger charge is -2.35. The van der Waals surface area contributed by atoms with E-state index in [1.807, 2.05) is 6.92 Å². The molecular formula is C10H16O2. The molecule has 0 aliphatic carbocycles. The van der Waals surface area contributed by atoms with Gasteiger partial charge in [-0.15, -0.1) is 0 Å². The molecule has 0 aromatic heterocycles. The van der Waals surface area contributed by atoms with Crippen LogP contribution in [0.5, 0.6) is 0 Å². The summed E-state index contributed by atoms with van der Waals surface area (Å²) in [5, 5.41) is 0. The normalized spacial score (nSPS) is 50.1. The Morgan fingerprint density at radius 1 is 1.42 bits per heavy atom. The average molecular weight is 168 g/mol. The van der Waals surface area contributed by atoms with Crippen LogP contribution in [-0.4, -0.2) is 18.0 Å². The molecule has 0 unspecified atom stereocenters. The summed E-state index contributed by atoms with van der Waals surface area (Å²) in [6.07, 6.45) is 4.26. The molecule has 0 N–H and O–H groups in total. The minimum Gasteiger partial charge on any atom is -0.347 e. The quantitative estimate of drug-likeness (QED) is 0.516. The Bertz CT molecular complexity index is 234. The SMILES string of the molecule is C/C=C1\CC[C@@]2(C)OC[C@@]1(C)O2. The second-order valence-corrected chi connectivity index (χ2v) is 4.07. The first kappa shape index (κ1) is 8.27. The maximum Gasteiger partial charge on any atom is 0.167 e. The summed E-state index contributed by atoms with van der Waals surface area (Å²) in [5.41, 5.74) is 1.25. The molecule has 2 atom stereocenters. The predicted molar refractivity (Wildman–Crippen MR) is 46.8 cm³/mol. The van der Waals surface area contributed by atoms with Crippen LogP contribution in [0.2, 0.25) is 0 Å². The van der Waals surface area contributed by atoms with Gasteiger partial charge in [-0.2, -0.15) is 0 Å². The van der Waals surface area contributed by atoms with E-state index >= 15 is 0 Å². The van der Waals surface area contributed by atoms with Crippen molar-refractivity contribution in [3.05, 3.63) is 11.6 Å². The first-order valence-corrected chi connectivity index (χ1v) is 4.58. The monoisotopic (exact) mass is 168 g/mol. The molecule has 2 saturated heterocycles. The fraction of sp³-hybridized carbons (Fsp3) is 0.800. The van der Waals surface area contributed by atoms with Crippen molar-refractivity contribution in [3.8, 4) is 0 Å². The second kappa shape index (κ2) is 2.33. The van der Waals surface area contributed by atoms with Crippen molar-refractivity contribution in [2.75, 3.05) is 6.61 Å². The zero-order valence-electron chi connectivity index (χ0n) is 8.02. The van der Waals surface area contributed by atoms with Gasteiger partial charge in [0.1, 0.15) is 5.60 Å². The van der Waals surface area contributed by atoms with Crippen LogP contribution in [0, 0.1) is 0 Å². The highest BCUT2D eigenvalue weighted by Crippen LogP contribution is 2.45. The molecule has 0 aromatic rings. The molecule has 2 bridgehead atoms. The Morgan fingerprint density at radius 3 is 2.83 bits per heavy atom. The molecule has 12 heavy (non-hydrogen) atoms. The van der Waals surface area contributed by atoms with Gasteiger partial charge in [0.2, 0.25) is 0 Å². The smallest absolute Gasteiger partial charge is 0.167 e. The number of rotatable bonds is 0. The third kappa shape index (κ3) is 1.02. The topological polar surface area (TPSA) is 18.5 Å². The van der Waals surface area contributed by atoms with Crippen LogP contribution in [0.1, 0.15) is 33.6 Å². The van der Waals surface area contributed by atoms with Gasteiger partial charge in [-0.05, 0) is 32.8 Å². The van der Waals surface area contributed by atoms with Crippen LogP contribution in [-0.2, 0) is 9.47 Å². The van der Waals surface area contributed by atoms with Crippen LogP contribution in [0.15, 0.2) is 11.6 Å². The van der Waals surface area contributed by atoms with Gasteiger partial charge in [-0.25, -0.2) is 0 Å². The highest BCUT2D eigenvalue weighted by atomic mass is 16.8. The van der Waals surface area contributed by atoms with Gasteiger partial charge in [-0.1, -0.05) is 6.08 Å². The summed E-state index contributed by atoms with van der Waals surface area (Å²) in [4.78, 5) is 0. The molecular weight excluding hydrogens is 152 g/mol. The predicted octanol–water partition coefficient (Wildman–Crippen LogP) is 2.25. The van der Waals surface area contributed by atoms with E-state index in [9.17, 15) is 0 Å². The molecule has 2 nitrogen and oxygen atoms in total. The van der Waals surface area contributed by atoms with Gasteiger partial charge in [0.05, 0.1) is 6.61 Å². The van der Waals surface area contributed by atoms with Crippen molar-refractivity contribution >= 4 is 0 Å². The summed E-state index contributed by atoms with van der Waals surface area (Å²) in [5.74, 6) is -0.304. The molecule has 2 aliphatic rings. The van der Waals surface area contributed by atoms with Crippen molar-refractivity contribution in [2.45, 2.75) is 45.0 Å². The first-order valence-electron chi connectivity index (χ1n) is 4.58. The largest absolute Gasteiger partial charge is 0.347 e. The Labute approximate surface area is 73.5 Å². The van der Waals surface area contributed by atoms with Crippen molar-refractivity contribution in [1.29, 1.82) is 0 Å². The van der Waals surface area contributed by atoms with Gasteiger partial charge in [-0.3, -0.25) is 0 Å². The van der Waals surface area contributed by atoms with E-state index in [0.717, 1.165) is 12.8 Å². The van der Waals surface area contributed by atoms with Gasteiger partial charge < -0.3 is 9.47 Å². The Kier molecular flexibility index (Phi) is 1.61. The van der Waals surface area contributed by atoms with Crippen LogP contribution in [0.4, 0.5) is 0 Å². The van der Waals surface area contributed by atoms with E-state index in [2.05, 4.69) is 19.9 Å². The lowest BCUT2D eigenvalue weighted by Crippen LogP contribution is -2.39. The van der Waals surface area contributed by atoms with E-state index in [4.69, 9.17) is 9.47 Å². The van der Waals surface area contributed by atoms with Crippen LogP contribution in [0.25, 0.3) is 0 Å². The first-order chi connectivity index (χ1) is 5.58. The minimum absolute atomic E-state index is 0.137. The summed E-state index contributed by atoms with van der Waals surface area (Å²) in [7, 11) is 0. The molecule has 0 radical (unpaired) electrons. The molecule has 0 saturated carbocycles. The molecule has 0 amide bonds. The van der Waals surface area contributed by atoms with Gasteiger partial charge in [0.15, 0.2) is 5.79 Å². The van der Waals surface area contributed by atoms with Crippen molar-refractivity contribution in [3.63, 3.8) is 0 Å². The minimum atomic E-state index is -0.304. The summed E-state index contributed by atoms with van der Waals surface area (Å²) in [6, 6.07) is 0. The third-order valence-electron chi connectivity index (χ3n) is 2.97. The standard InChI is InChI=1S/C10H16O2/c1-4-8-5-6-10(3)11-7-9(8,2)12-10/h4H,5-7H2,1-3H3/b8-4+/t9-,10+/m1/s1. The van der Waals surface area contributed by atoms with Gasteiger partial charge in [0, 0.05) is 6.42 Å². The number of fused-ring (bicyclic) bond motifs is 2. The van der Waals surface area contributed by atoms with E-state index in [1.54, 1.807) is 0 Å².